The van der Waals surface area contributed by atoms with Gasteiger partial charge in [-0.15, -0.1) is 0 Å². The summed E-state index contributed by atoms with van der Waals surface area (Å²) in [6, 6.07) is 8.23. The Morgan fingerprint density at radius 1 is 1.14 bits per heavy atom. The highest BCUT2D eigenvalue weighted by Gasteiger charge is 2.12. The van der Waals surface area contributed by atoms with E-state index in [0.717, 1.165) is 5.56 Å². The van der Waals surface area contributed by atoms with Crippen LogP contribution in [0.15, 0.2) is 36.5 Å². The second-order valence-corrected chi connectivity index (χ2v) is 4.53. The maximum Gasteiger partial charge on any atom is 0.212 e. The Morgan fingerprint density at radius 3 is 2.57 bits per heavy atom. The van der Waals surface area contributed by atoms with Crippen molar-refractivity contribution in [1.29, 1.82) is 0 Å². The van der Waals surface area contributed by atoms with Gasteiger partial charge in [0, 0.05) is 25.1 Å². The zero-order valence-corrected chi connectivity index (χ0v) is 11.9. The van der Waals surface area contributed by atoms with E-state index in [9.17, 15) is 9.18 Å². The monoisotopic (exact) mass is 289 g/mol. The molecule has 0 aliphatic rings. The van der Waals surface area contributed by atoms with Crippen molar-refractivity contribution >= 4 is 5.78 Å². The van der Waals surface area contributed by atoms with Crippen LogP contribution in [0.4, 0.5) is 4.39 Å². The lowest BCUT2D eigenvalue weighted by Crippen LogP contribution is -2.08. The first kappa shape index (κ1) is 15.0. The molecule has 0 aliphatic heterocycles. The Kier molecular flexibility index (Phi) is 4.87. The van der Waals surface area contributed by atoms with Crippen LogP contribution in [0.5, 0.6) is 11.6 Å². The molecule has 5 heteroatoms. The molecule has 1 aromatic heterocycles. The van der Waals surface area contributed by atoms with Crippen molar-refractivity contribution in [3.63, 3.8) is 0 Å². The van der Waals surface area contributed by atoms with Crippen molar-refractivity contribution in [2.45, 2.75) is 12.8 Å². The second kappa shape index (κ2) is 6.83. The number of nitrogens with zero attached hydrogens (tertiary/aromatic N) is 1. The summed E-state index contributed by atoms with van der Waals surface area (Å²) < 4.78 is 23.8. The van der Waals surface area contributed by atoms with Gasteiger partial charge < -0.3 is 9.47 Å². The minimum atomic E-state index is -0.485. The molecule has 0 atom stereocenters. The van der Waals surface area contributed by atoms with E-state index < -0.39 is 5.82 Å². The van der Waals surface area contributed by atoms with Gasteiger partial charge in [-0.25, -0.2) is 9.37 Å². The Bertz CT molecular complexity index is 626. The summed E-state index contributed by atoms with van der Waals surface area (Å²) >= 11 is 0. The minimum Gasteiger partial charge on any atom is -0.494 e. The number of carbonyl (C=O) groups excluding carboxylic acids is 1. The van der Waals surface area contributed by atoms with E-state index in [1.807, 2.05) is 0 Å². The van der Waals surface area contributed by atoms with E-state index >= 15 is 0 Å². The zero-order chi connectivity index (χ0) is 15.2. The molecular formula is C16H16FNO3. The van der Waals surface area contributed by atoms with Crippen LogP contribution in [0.25, 0.3) is 0 Å². The summed E-state index contributed by atoms with van der Waals surface area (Å²) in [5, 5.41) is 0. The first-order chi connectivity index (χ1) is 10.1. The number of hydrogen-bond donors (Lipinski definition) is 0. The number of aromatic nitrogens is 1. The van der Waals surface area contributed by atoms with Crippen molar-refractivity contribution in [2.24, 2.45) is 0 Å². The molecule has 2 rings (SSSR count). The molecule has 110 valence electrons. The van der Waals surface area contributed by atoms with Gasteiger partial charge in [0.1, 0.15) is 5.78 Å². The predicted octanol–water partition coefficient (Wildman–Crippen LogP) is 2.59. The standard InChI is InChI=1S/C16H16FNO3/c1-20-14-5-3-4-12(16(14)17)9-13(19)8-11-6-7-15(21-2)18-10-11/h3-7,10H,8-9H2,1-2H3. The Labute approximate surface area is 122 Å². The normalized spacial score (nSPS) is 10.2. The van der Waals surface area contributed by atoms with E-state index in [2.05, 4.69) is 4.98 Å². The SMILES string of the molecule is COc1ccc(CC(=O)Cc2cccc(OC)c2F)cn1. The summed E-state index contributed by atoms with van der Waals surface area (Å²) in [6.07, 6.45) is 1.81. The fourth-order valence-electron chi connectivity index (χ4n) is 1.99. The highest BCUT2D eigenvalue weighted by Crippen LogP contribution is 2.20. The molecular weight excluding hydrogens is 273 g/mol. The average Bonchev–Trinajstić information content (AvgIpc) is 2.50. The molecule has 0 bridgehead atoms. The lowest BCUT2D eigenvalue weighted by atomic mass is 10.0. The number of ether oxygens (including phenoxy) is 2. The van der Waals surface area contributed by atoms with Crippen LogP contribution in [0.2, 0.25) is 0 Å². The number of halogens is 1. The Hall–Kier alpha value is -2.43. The first-order valence-electron chi connectivity index (χ1n) is 6.46. The maximum absolute atomic E-state index is 14.0. The quantitative estimate of drug-likeness (QED) is 0.820. The second-order valence-electron chi connectivity index (χ2n) is 4.53. The maximum atomic E-state index is 14.0. The van der Waals surface area contributed by atoms with Crippen LogP contribution in [0.3, 0.4) is 0 Å². The number of rotatable bonds is 6. The molecule has 0 amide bonds. The molecule has 0 unspecified atom stereocenters. The van der Waals surface area contributed by atoms with E-state index in [4.69, 9.17) is 9.47 Å². The van der Waals surface area contributed by atoms with Gasteiger partial charge in [-0.05, 0) is 17.2 Å². The van der Waals surface area contributed by atoms with Gasteiger partial charge in [0.05, 0.1) is 14.2 Å². The summed E-state index contributed by atoms with van der Waals surface area (Å²) in [4.78, 5) is 16.1. The topological polar surface area (TPSA) is 48.4 Å². The van der Waals surface area contributed by atoms with Gasteiger partial charge in [0.2, 0.25) is 5.88 Å². The summed E-state index contributed by atoms with van der Waals surface area (Å²) in [5.41, 5.74) is 1.10. The van der Waals surface area contributed by atoms with E-state index in [-0.39, 0.29) is 24.4 Å². The molecule has 0 fully saturated rings. The fraction of sp³-hybridized carbons (Fsp3) is 0.250. The number of benzene rings is 1. The number of ketones is 1. The number of hydrogen-bond acceptors (Lipinski definition) is 4. The molecule has 0 saturated carbocycles. The van der Waals surface area contributed by atoms with Crippen LogP contribution in [-0.2, 0) is 17.6 Å². The van der Waals surface area contributed by atoms with Crippen molar-refractivity contribution in [3.05, 3.63) is 53.5 Å². The van der Waals surface area contributed by atoms with Gasteiger partial charge in [-0.1, -0.05) is 18.2 Å². The highest BCUT2D eigenvalue weighted by atomic mass is 19.1. The van der Waals surface area contributed by atoms with Crippen molar-refractivity contribution < 1.29 is 18.7 Å². The molecule has 21 heavy (non-hydrogen) atoms. The van der Waals surface area contributed by atoms with E-state index in [1.165, 1.54) is 20.3 Å². The number of methoxy groups -OCH3 is 2. The minimum absolute atomic E-state index is 0.0229. The van der Waals surface area contributed by atoms with Crippen LogP contribution >= 0.6 is 0 Å². The number of carbonyl (C=O) groups is 1. The van der Waals surface area contributed by atoms with Gasteiger partial charge in [0.25, 0.3) is 0 Å². The molecule has 0 N–H and O–H groups in total. The van der Waals surface area contributed by atoms with Crippen molar-refractivity contribution in [3.8, 4) is 11.6 Å². The average molecular weight is 289 g/mol. The fourth-order valence-corrected chi connectivity index (χ4v) is 1.99. The van der Waals surface area contributed by atoms with Crippen LogP contribution in [0.1, 0.15) is 11.1 Å². The third-order valence-corrected chi connectivity index (χ3v) is 3.06. The van der Waals surface area contributed by atoms with Crippen LogP contribution < -0.4 is 9.47 Å². The number of pyridine rings is 1. The zero-order valence-electron chi connectivity index (χ0n) is 11.9. The third kappa shape index (κ3) is 3.78. The van der Waals surface area contributed by atoms with Gasteiger partial charge in [-0.3, -0.25) is 4.79 Å². The van der Waals surface area contributed by atoms with Gasteiger partial charge in [-0.2, -0.15) is 0 Å². The van der Waals surface area contributed by atoms with Gasteiger partial charge in [0.15, 0.2) is 11.6 Å². The predicted molar refractivity (Wildman–Crippen MR) is 76.2 cm³/mol. The van der Waals surface area contributed by atoms with Crippen molar-refractivity contribution in [1.82, 2.24) is 4.98 Å². The molecule has 4 nitrogen and oxygen atoms in total. The molecule has 1 heterocycles. The van der Waals surface area contributed by atoms with Crippen LogP contribution in [-0.4, -0.2) is 25.0 Å². The van der Waals surface area contributed by atoms with Crippen molar-refractivity contribution in [2.75, 3.05) is 14.2 Å². The molecule has 0 radical (unpaired) electrons. The summed E-state index contributed by atoms with van der Waals surface area (Å²) in [7, 11) is 2.92. The molecule has 2 aromatic rings. The Balaban J connectivity index is 2.04. The van der Waals surface area contributed by atoms with E-state index in [1.54, 1.807) is 30.5 Å². The Morgan fingerprint density at radius 2 is 1.95 bits per heavy atom. The highest BCUT2D eigenvalue weighted by molar-refractivity contribution is 5.83. The van der Waals surface area contributed by atoms with Crippen LogP contribution in [0, 0.1) is 5.82 Å². The first-order valence-corrected chi connectivity index (χ1v) is 6.46. The van der Waals surface area contributed by atoms with E-state index in [0.29, 0.717) is 11.4 Å². The summed E-state index contributed by atoms with van der Waals surface area (Å²) in [6.45, 7) is 0. The molecule has 0 aliphatic carbocycles. The third-order valence-electron chi connectivity index (χ3n) is 3.06. The number of Topliss-reactive ketones (excluding diaryl/α,β-unsaturated/α-hetero) is 1. The van der Waals surface area contributed by atoms with Gasteiger partial charge >= 0.3 is 0 Å². The smallest absolute Gasteiger partial charge is 0.212 e. The molecule has 0 saturated heterocycles. The largest absolute Gasteiger partial charge is 0.494 e. The molecule has 1 aromatic carbocycles. The molecule has 0 spiro atoms. The lowest BCUT2D eigenvalue weighted by Gasteiger charge is -2.07. The lowest BCUT2D eigenvalue weighted by molar-refractivity contribution is -0.117. The summed E-state index contributed by atoms with van der Waals surface area (Å²) in [5.74, 6) is 0.0618.